The molecule has 0 amide bonds. The number of hydrogen-bond donors (Lipinski definition) is 0. The highest BCUT2D eigenvalue weighted by Gasteiger charge is 2.52. The minimum absolute atomic E-state index is 0.0735. The number of fused-ring (bicyclic) bond motifs is 7. The highest BCUT2D eigenvalue weighted by molar-refractivity contribution is 6.99. The van der Waals surface area contributed by atoms with Gasteiger partial charge in [-0.25, -0.2) is 0 Å². The molecular weight excluding hydrogens is 1110 g/mol. The summed E-state index contributed by atoms with van der Waals surface area (Å²) in [6.07, 6.45) is 0. The summed E-state index contributed by atoms with van der Waals surface area (Å²) in [5, 5.41) is 2.46. The van der Waals surface area contributed by atoms with E-state index in [2.05, 4.69) is 366 Å². The van der Waals surface area contributed by atoms with E-state index in [-0.39, 0.29) is 28.4 Å². The van der Waals surface area contributed by atoms with Crippen molar-refractivity contribution in [3.8, 4) is 50.2 Å². The number of nitrogens with zero attached hydrogens (tertiary/aromatic N) is 2. The van der Waals surface area contributed by atoms with Crippen LogP contribution < -0.4 is 21.3 Å². The van der Waals surface area contributed by atoms with E-state index in [4.69, 9.17) is 0 Å². The first-order valence-electron chi connectivity index (χ1n) is 33.1. The Morgan fingerprint density at radius 2 is 0.717 bits per heavy atom. The summed E-state index contributed by atoms with van der Waals surface area (Å²) < 4.78 is 2.55. The van der Waals surface area contributed by atoms with Crippen molar-refractivity contribution in [2.45, 2.75) is 110 Å². The van der Waals surface area contributed by atoms with Crippen LogP contribution in [0.3, 0.4) is 0 Å². The van der Waals surface area contributed by atoms with Crippen molar-refractivity contribution in [2.24, 2.45) is 0 Å². The Labute approximate surface area is 546 Å². The van der Waals surface area contributed by atoms with Gasteiger partial charge in [0.25, 0.3) is 0 Å². The Bertz CT molecular complexity index is 4790. The van der Waals surface area contributed by atoms with E-state index in [1.165, 1.54) is 105 Å². The smallest absolute Gasteiger partial charge is 0.247 e. The first-order chi connectivity index (χ1) is 44.2. The fourth-order valence-corrected chi connectivity index (χ4v) is 15.2. The number of hydrogen-bond acceptors (Lipinski definition) is 1. The molecule has 12 aromatic carbocycles. The standard InChI is InChI=1S/C89H81BN2/c1-85(2,3)66-48-62(49-67(54-66)86(4,5)6)60-44-46-75-77(52-60)90-78-53-61(63-50-68(87(7,8)9)55-69(51-63)88(10,11)12)45-47-81(78)92(84-71(58-30-17-13-18-31-58)40-29-41-72(84)59-32-19-14-20-33-59)82-57-70(91-79-42-27-25-38-73(79)74-39-26-28-43-80(74)91)56-76(83(82)90)89(75,64-34-21-15-22-35-64)65-36-23-16-24-37-65/h13-57H,1-12H3. The maximum Gasteiger partial charge on any atom is 0.247 e. The normalized spacial score (nSPS) is 13.7. The van der Waals surface area contributed by atoms with Crippen LogP contribution in [-0.2, 0) is 27.1 Å². The van der Waals surface area contributed by atoms with Crippen LogP contribution in [0, 0.1) is 0 Å². The van der Waals surface area contributed by atoms with Crippen LogP contribution in [0.1, 0.15) is 128 Å². The minimum Gasteiger partial charge on any atom is -0.310 e. The summed E-state index contributed by atoms with van der Waals surface area (Å²) in [4.78, 5) is 2.71. The second-order valence-electron chi connectivity index (χ2n) is 30.2. The third-order valence-corrected chi connectivity index (χ3v) is 20.1. The molecule has 15 rings (SSSR count). The molecule has 450 valence electrons. The van der Waals surface area contributed by atoms with Crippen molar-refractivity contribution in [3.63, 3.8) is 0 Å². The van der Waals surface area contributed by atoms with Crippen LogP contribution in [-0.4, -0.2) is 11.3 Å². The number of anilines is 3. The van der Waals surface area contributed by atoms with Gasteiger partial charge in [-0.15, -0.1) is 0 Å². The maximum absolute atomic E-state index is 2.71. The van der Waals surface area contributed by atoms with Crippen LogP contribution in [0.4, 0.5) is 17.1 Å². The lowest BCUT2D eigenvalue weighted by atomic mass is 9.29. The van der Waals surface area contributed by atoms with Gasteiger partial charge in [-0.2, -0.15) is 0 Å². The number of aromatic nitrogens is 1. The fraction of sp³-hybridized carbons (Fsp3) is 0.191. The SMILES string of the molecule is CC(C)(C)c1cc(-c2ccc3c(c2)B2c4cc(-c5cc(C(C)(C)C)cc(C(C)(C)C)c5)ccc4C(c4ccccc4)(c4ccccc4)c4cc(-n5c6ccccc6c6ccccc65)cc(c42)N3c2c(-c3ccccc3)cccc2-c2ccccc2)cc(C(C)(C)C)c1. The molecule has 13 aromatic rings. The third-order valence-electron chi connectivity index (χ3n) is 20.1. The molecular formula is C89H81BN2. The summed E-state index contributed by atoms with van der Waals surface area (Å²) in [6.45, 7) is 28.0. The largest absolute Gasteiger partial charge is 0.310 e. The van der Waals surface area contributed by atoms with Gasteiger partial charge in [0.2, 0.25) is 6.71 Å². The maximum atomic E-state index is 2.71. The van der Waals surface area contributed by atoms with Crippen molar-refractivity contribution in [1.29, 1.82) is 0 Å². The predicted octanol–water partition coefficient (Wildman–Crippen LogP) is 21.6. The number of rotatable bonds is 8. The monoisotopic (exact) mass is 1190 g/mol. The average molecular weight is 1190 g/mol. The van der Waals surface area contributed by atoms with Crippen LogP contribution in [0.25, 0.3) is 72.0 Å². The van der Waals surface area contributed by atoms with E-state index in [1.807, 2.05) is 0 Å². The van der Waals surface area contributed by atoms with Gasteiger partial charge in [0, 0.05) is 39.0 Å². The highest BCUT2D eigenvalue weighted by Crippen LogP contribution is 2.54. The zero-order valence-electron chi connectivity index (χ0n) is 55.5. The van der Waals surface area contributed by atoms with Crippen LogP contribution in [0.5, 0.6) is 0 Å². The van der Waals surface area contributed by atoms with Gasteiger partial charge in [0.05, 0.1) is 22.1 Å². The first kappa shape index (κ1) is 58.7. The number of para-hydroxylation sites is 3. The summed E-state index contributed by atoms with van der Waals surface area (Å²) in [5.41, 5.74) is 29.6. The molecule has 92 heavy (non-hydrogen) atoms. The molecule has 2 nitrogen and oxygen atoms in total. The lowest BCUT2D eigenvalue weighted by Crippen LogP contribution is -2.65. The fourth-order valence-electron chi connectivity index (χ4n) is 15.2. The van der Waals surface area contributed by atoms with E-state index >= 15 is 0 Å². The molecule has 3 heteroatoms. The van der Waals surface area contributed by atoms with Crippen molar-refractivity contribution in [1.82, 2.24) is 4.57 Å². The topological polar surface area (TPSA) is 8.17 Å². The van der Waals surface area contributed by atoms with Gasteiger partial charge >= 0.3 is 0 Å². The second-order valence-corrected chi connectivity index (χ2v) is 30.2. The Kier molecular flexibility index (Phi) is 13.9. The Morgan fingerprint density at radius 3 is 1.17 bits per heavy atom. The second kappa shape index (κ2) is 21.7. The molecule has 3 heterocycles. The van der Waals surface area contributed by atoms with Crippen molar-refractivity contribution in [3.05, 3.63) is 317 Å². The van der Waals surface area contributed by atoms with Crippen LogP contribution in [0.2, 0.25) is 0 Å². The molecule has 2 aliphatic rings. The predicted molar refractivity (Wildman–Crippen MR) is 395 cm³/mol. The summed E-state index contributed by atoms with van der Waals surface area (Å²) in [5.74, 6) is 0. The molecule has 0 aliphatic carbocycles. The van der Waals surface area contributed by atoms with E-state index < -0.39 is 5.41 Å². The molecule has 0 spiro atoms. The van der Waals surface area contributed by atoms with Gasteiger partial charge in [0.15, 0.2) is 0 Å². The van der Waals surface area contributed by atoms with E-state index in [1.54, 1.807) is 0 Å². The van der Waals surface area contributed by atoms with Gasteiger partial charge in [0.1, 0.15) is 0 Å². The quantitative estimate of drug-likeness (QED) is 0.138. The zero-order valence-corrected chi connectivity index (χ0v) is 55.5. The van der Waals surface area contributed by atoms with E-state index in [9.17, 15) is 0 Å². The van der Waals surface area contributed by atoms with E-state index in [0.29, 0.717) is 0 Å². The lowest BCUT2D eigenvalue weighted by molar-refractivity contribution is 0.568. The Balaban J connectivity index is 1.17. The van der Waals surface area contributed by atoms with Crippen molar-refractivity contribution < 1.29 is 0 Å². The average Bonchev–Trinajstić information content (AvgIpc) is 0.690. The molecule has 0 unspecified atom stereocenters. The molecule has 0 fully saturated rings. The molecule has 0 saturated carbocycles. The van der Waals surface area contributed by atoms with Crippen LogP contribution >= 0.6 is 0 Å². The highest BCUT2D eigenvalue weighted by atomic mass is 15.2. The van der Waals surface area contributed by atoms with Crippen molar-refractivity contribution in [2.75, 3.05) is 4.90 Å². The Hall–Kier alpha value is -9.70. The summed E-state index contributed by atoms with van der Waals surface area (Å²) in [7, 11) is 0. The first-order valence-corrected chi connectivity index (χ1v) is 33.1. The van der Waals surface area contributed by atoms with Gasteiger partial charge in [-0.3, -0.25) is 0 Å². The zero-order chi connectivity index (χ0) is 63.6. The van der Waals surface area contributed by atoms with Gasteiger partial charge in [-0.1, -0.05) is 331 Å². The Morgan fingerprint density at radius 1 is 0.304 bits per heavy atom. The van der Waals surface area contributed by atoms with Crippen molar-refractivity contribution >= 4 is 62.0 Å². The molecule has 0 saturated heterocycles. The molecule has 2 aliphatic heterocycles. The molecule has 0 bridgehead atoms. The van der Waals surface area contributed by atoms with E-state index in [0.717, 1.165) is 45.0 Å². The molecule has 0 N–H and O–H groups in total. The number of benzene rings is 12. The van der Waals surface area contributed by atoms with Crippen LogP contribution in [0.15, 0.2) is 273 Å². The molecule has 0 radical (unpaired) electrons. The lowest BCUT2D eigenvalue weighted by Gasteiger charge is -2.49. The third kappa shape index (κ3) is 9.69. The van der Waals surface area contributed by atoms with Gasteiger partial charge in [-0.05, 0) is 141 Å². The van der Waals surface area contributed by atoms with Gasteiger partial charge < -0.3 is 9.47 Å². The minimum atomic E-state index is -0.819. The summed E-state index contributed by atoms with van der Waals surface area (Å²) >= 11 is 0. The molecule has 1 aromatic heterocycles. The summed E-state index contributed by atoms with van der Waals surface area (Å²) in [6, 6.07) is 105. The molecule has 0 atom stereocenters.